The summed E-state index contributed by atoms with van der Waals surface area (Å²) >= 11 is 5.09. The Bertz CT molecular complexity index is 652. The van der Waals surface area contributed by atoms with Crippen LogP contribution in [0, 0.1) is 0 Å². The quantitative estimate of drug-likeness (QED) is 0.332. The lowest BCUT2D eigenvalue weighted by atomic mass is 10.1. The van der Waals surface area contributed by atoms with Gasteiger partial charge in [-0.1, -0.05) is 6.08 Å². The van der Waals surface area contributed by atoms with Crippen molar-refractivity contribution in [2.45, 2.75) is 26.2 Å². The molecule has 7 heteroatoms. The second-order valence-corrected chi connectivity index (χ2v) is 6.47. The standard InChI is InChI=1S/C19H26N4O2S/c1-3-11-20-19(26)22-21-15(2)16-7-9-17(10-8-16)25-14-18(24)23-12-5-4-6-13-23/h3,7-10H,1,4-6,11-14H2,2H3,(H2,20,22,26)/b21-15-. The number of benzene rings is 1. The first-order valence-electron chi connectivity index (χ1n) is 8.80. The van der Waals surface area contributed by atoms with E-state index in [-0.39, 0.29) is 12.5 Å². The number of nitrogens with zero attached hydrogens (tertiary/aromatic N) is 2. The molecule has 0 atom stereocenters. The van der Waals surface area contributed by atoms with E-state index >= 15 is 0 Å². The molecule has 0 radical (unpaired) electrons. The summed E-state index contributed by atoms with van der Waals surface area (Å²) in [7, 11) is 0. The average Bonchev–Trinajstić information content (AvgIpc) is 2.69. The summed E-state index contributed by atoms with van der Waals surface area (Å²) in [5.74, 6) is 0.722. The van der Waals surface area contributed by atoms with E-state index in [4.69, 9.17) is 17.0 Å². The first-order valence-corrected chi connectivity index (χ1v) is 9.21. The van der Waals surface area contributed by atoms with Crippen molar-refractivity contribution in [3.63, 3.8) is 0 Å². The number of nitrogens with one attached hydrogen (secondary N) is 2. The predicted octanol–water partition coefficient (Wildman–Crippen LogP) is 2.45. The maximum Gasteiger partial charge on any atom is 0.260 e. The fourth-order valence-electron chi connectivity index (χ4n) is 2.58. The largest absolute Gasteiger partial charge is 0.484 e. The molecule has 2 N–H and O–H groups in total. The second kappa shape index (κ2) is 10.6. The number of amides is 1. The van der Waals surface area contributed by atoms with Crippen LogP contribution in [0.1, 0.15) is 31.7 Å². The van der Waals surface area contributed by atoms with Gasteiger partial charge in [-0.05, 0) is 68.2 Å². The van der Waals surface area contributed by atoms with E-state index < -0.39 is 0 Å². The van der Waals surface area contributed by atoms with Crippen molar-refractivity contribution < 1.29 is 9.53 Å². The van der Waals surface area contributed by atoms with Crippen molar-refractivity contribution in [1.82, 2.24) is 15.6 Å². The Labute approximate surface area is 160 Å². The van der Waals surface area contributed by atoms with E-state index in [2.05, 4.69) is 22.4 Å². The van der Waals surface area contributed by atoms with Gasteiger partial charge in [0.15, 0.2) is 11.7 Å². The van der Waals surface area contributed by atoms with Crippen LogP contribution in [-0.4, -0.2) is 47.9 Å². The Morgan fingerprint density at radius 3 is 2.65 bits per heavy atom. The minimum absolute atomic E-state index is 0.0521. The van der Waals surface area contributed by atoms with E-state index in [1.165, 1.54) is 6.42 Å². The van der Waals surface area contributed by atoms with Gasteiger partial charge in [-0.2, -0.15) is 5.10 Å². The molecule has 140 valence electrons. The topological polar surface area (TPSA) is 66.0 Å². The maximum absolute atomic E-state index is 12.1. The molecule has 26 heavy (non-hydrogen) atoms. The van der Waals surface area contributed by atoms with Crippen molar-refractivity contribution in [3.8, 4) is 5.75 Å². The lowest BCUT2D eigenvalue weighted by molar-refractivity contribution is -0.134. The summed E-state index contributed by atoms with van der Waals surface area (Å²) in [4.78, 5) is 14.0. The molecule has 0 unspecified atom stereocenters. The van der Waals surface area contributed by atoms with Crippen LogP contribution in [0.25, 0.3) is 0 Å². The number of carbonyl (C=O) groups is 1. The third kappa shape index (κ3) is 6.48. The molecular formula is C19H26N4O2S. The molecular weight excluding hydrogens is 348 g/mol. The van der Waals surface area contributed by atoms with Gasteiger partial charge >= 0.3 is 0 Å². The SMILES string of the molecule is C=CCNC(=S)N/N=C(/C)c1ccc(OCC(=O)N2CCCCC2)cc1. The van der Waals surface area contributed by atoms with Crippen molar-refractivity contribution in [2.24, 2.45) is 5.10 Å². The van der Waals surface area contributed by atoms with E-state index in [1.807, 2.05) is 36.1 Å². The van der Waals surface area contributed by atoms with Crippen LogP contribution in [0.4, 0.5) is 0 Å². The highest BCUT2D eigenvalue weighted by Crippen LogP contribution is 2.14. The molecule has 1 heterocycles. The minimum Gasteiger partial charge on any atom is -0.484 e. The van der Waals surface area contributed by atoms with E-state index in [1.54, 1.807) is 6.08 Å². The van der Waals surface area contributed by atoms with Gasteiger partial charge in [-0.15, -0.1) is 6.58 Å². The molecule has 0 bridgehead atoms. The van der Waals surface area contributed by atoms with Crippen molar-refractivity contribution in [3.05, 3.63) is 42.5 Å². The van der Waals surface area contributed by atoms with Gasteiger partial charge in [0.05, 0.1) is 5.71 Å². The summed E-state index contributed by atoms with van der Waals surface area (Å²) < 4.78 is 5.61. The number of thiocarbonyl (C=S) groups is 1. The minimum atomic E-state index is 0.0521. The molecule has 1 amide bonds. The van der Waals surface area contributed by atoms with Crippen molar-refractivity contribution in [1.29, 1.82) is 0 Å². The predicted molar refractivity (Wildman–Crippen MR) is 109 cm³/mol. The van der Waals surface area contributed by atoms with Crippen LogP contribution < -0.4 is 15.5 Å². The van der Waals surface area contributed by atoms with Crippen LogP contribution in [0.3, 0.4) is 0 Å². The lowest BCUT2D eigenvalue weighted by Gasteiger charge is -2.26. The smallest absolute Gasteiger partial charge is 0.260 e. The first kappa shape index (κ1) is 19.9. The van der Waals surface area contributed by atoms with Crippen LogP contribution in [0.5, 0.6) is 5.75 Å². The molecule has 0 spiro atoms. The highest BCUT2D eigenvalue weighted by Gasteiger charge is 2.16. The number of carbonyl (C=O) groups excluding carboxylic acids is 1. The Morgan fingerprint density at radius 1 is 1.31 bits per heavy atom. The Hall–Kier alpha value is -2.41. The summed E-state index contributed by atoms with van der Waals surface area (Å²) in [6.07, 6.45) is 5.09. The number of piperidine rings is 1. The van der Waals surface area contributed by atoms with Gasteiger partial charge in [0.2, 0.25) is 0 Å². The molecule has 0 saturated carbocycles. The molecule has 1 aliphatic heterocycles. The zero-order chi connectivity index (χ0) is 18.8. The first-order chi connectivity index (χ1) is 12.6. The normalized spacial score (nSPS) is 14.5. The number of likely N-dealkylation sites (tertiary alicyclic amines) is 1. The van der Waals surface area contributed by atoms with Gasteiger partial charge in [-0.3, -0.25) is 10.2 Å². The third-order valence-corrected chi connectivity index (χ3v) is 4.31. The maximum atomic E-state index is 12.1. The number of hydrazone groups is 1. The highest BCUT2D eigenvalue weighted by molar-refractivity contribution is 7.80. The van der Waals surface area contributed by atoms with Gasteiger partial charge in [0.25, 0.3) is 5.91 Å². The van der Waals surface area contributed by atoms with E-state index in [9.17, 15) is 4.79 Å². The zero-order valence-electron chi connectivity index (χ0n) is 15.2. The molecule has 1 aromatic rings. The van der Waals surface area contributed by atoms with Crippen LogP contribution in [0.2, 0.25) is 0 Å². The van der Waals surface area contributed by atoms with Crippen molar-refractivity contribution >= 4 is 28.9 Å². The average molecular weight is 375 g/mol. The zero-order valence-corrected chi connectivity index (χ0v) is 16.0. The molecule has 1 aromatic carbocycles. The Balaban J connectivity index is 1.82. The molecule has 1 saturated heterocycles. The molecule has 1 fully saturated rings. The Morgan fingerprint density at radius 2 is 2.00 bits per heavy atom. The van der Waals surface area contributed by atoms with Gasteiger partial charge in [-0.25, -0.2) is 0 Å². The third-order valence-electron chi connectivity index (χ3n) is 4.08. The van der Waals surface area contributed by atoms with Crippen LogP contribution >= 0.6 is 12.2 Å². The van der Waals surface area contributed by atoms with E-state index in [0.29, 0.717) is 17.4 Å². The summed E-state index contributed by atoms with van der Waals surface area (Å²) in [6.45, 7) is 7.85. The highest BCUT2D eigenvalue weighted by atomic mass is 32.1. The van der Waals surface area contributed by atoms with E-state index in [0.717, 1.165) is 37.2 Å². The van der Waals surface area contributed by atoms with Gasteiger partial charge in [0, 0.05) is 19.6 Å². The van der Waals surface area contributed by atoms with Crippen LogP contribution in [0.15, 0.2) is 42.0 Å². The molecule has 0 aliphatic carbocycles. The Kier molecular flexibility index (Phi) is 8.08. The number of hydrogen-bond acceptors (Lipinski definition) is 4. The number of ether oxygens (including phenoxy) is 1. The van der Waals surface area contributed by atoms with Gasteiger partial charge < -0.3 is 15.0 Å². The fourth-order valence-corrected chi connectivity index (χ4v) is 2.70. The fraction of sp³-hybridized carbons (Fsp3) is 0.421. The molecule has 0 aromatic heterocycles. The summed E-state index contributed by atoms with van der Waals surface area (Å²) in [5.41, 5.74) is 4.52. The molecule has 6 nitrogen and oxygen atoms in total. The van der Waals surface area contributed by atoms with Gasteiger partial charge in [0.1, 0.15) is 5.75 Å². The summed E-state index contributed by atoms with van der Waals surface area (Å²) in [6, 6.07) is 7.49. The molecule has 1 aliphatic rings. The monoisotopic (exact) mass is 374 g/mol. The summed E-state index contributed by atoms with van der Waals surface area (Å²) in [5, 5.41) is 7.63. The lowest BCUT2D eigenvalue weighted by Crippen LogP contribution is -2.38. The number of rotatable bonds is 7. The van der Waals surface area contributed by atoms with Crippen LogP contribution in [-0.2, 0) is 4.79 Å². The van der Waals surface area contributed by atoms with Crippen molar-refractivity contribution in [2.75, 3.05) is 26.2 Å². The molecule has 2 rings (SSSR count). The number of hydrogen-bond donors (Lipinski definition) is 2. The second-order valence-electron chi connectivity index (χ2n) is 6.06.